The molecule has 0 fully saturated rings. The number of hydrogen-bond acceptors (Lipinski definition) is 4. The molecule has 1 unspecified atom stereocenters. The molecule has 0 saturated heterocycles. The highest BCUT2D eigenvalue weighted by molar-refractivity contribution is 5.86. The van der Waals surface area contributed by atoms with Gasteiger partial charge in [0.2, 0.25) is 0 Å². The molecule has 0 spiro atoms. The lowest BCUT2D eigenvalue weighted by atomic mass is 10.2. The van der Waals surface area contributed by atoms with Gasteiger partial charge in [-0.25, -0.2) is 5.43 Å². The molecule has 1 atom stereocenters. The maximum absolute atomic E-state index is 12.0. The van der Waals surface area contributed by atoms with Crippen molar-refractivity contribution in [2.75, 3.05) is 6.61 Å². The fraction of sp³-hybridized carbons (Fsp3) is 0.263. The number of carbonyl (C=O) groups is 1. The molecule has 0 aromatic heterocycles. The van der Waals surface area contributed by atoms with E-state index in [1.807, 2.05) is 62.4 Å². The van der Waals surface area contributed by atoms with Gasteiger partial charge in [0.05, 0.1) is 12.8 Å². The van der Waals surface area contributed by atoms with E-state index in [0.717, 1.165) is 16.9 Å². The first-order chi connectivity index (χ1) is 11.6. The van der Waals surface area contributed by atoms with Gasteiger partial charge < -0.3 is 9.47 Å². The van der Waals surface area contributed by atoms with Crippen molar-refractivity contribution >= 4 is 12.1 Å². The van der Waals surface area contributed by atoms with E-state index < -0.39 is 6.10 Å². The van der Waals surface area contributed by atoms with Crippen LogP contribution in [-0.4, -0.2) is 24.8 Å². The van der Waals surface area contributed by atoms with Crippen LogP contribution < -0.4 is 14.9 Å². The summed E-state index contributed by atoms with van der Waals surface area (Å²) < 4.78 is 11.1. The molecular formula is C19H22N2O3. The third-order valence-corrected chi connectivity index (χ3v) is 3.30. The van der Waals surface area contributed by atoms with Crippen LogP contribution in [-0.2, 0) is 4.79 Å². The Balaban J connectivity index is 1.91. The molecule has 24 heavy (non-hydrogen) atoms. The molecule has 0 bridgehead atoms. The van der Waals surface area contributed by atoms with Crippen LogP contribution in [0, 0.1) is 6.92 Å². The van der Waals surface area contributed by atoms with Crippen LogP contribution >= 0.6 is 0 Å². The summed E-state index contributed by atoms with van der Waals surface area (Å²) in [4.78, 5) is 12.0. The van der Waals surface area contributed by atoms with E-state index in [9.17, 15) is 4.79 Å². The van der Waals surface area contributed by atoms with Crippen LogP contribution in [0.15, 0.2) is 53.6 Å². The molecule has 0 aliphatic carbocycles. The second-order valence-corrected chi connectivity index (χ2v) is 5.28. The van der Waals surface area contributed by atoms with Gasteiger partial charge in [-0.15, -0.1) is 0 Å². The minimum atomic E-state index is -0.646. The van der Waals surface area contributed by atoms with E-state index >= 15 is 0 Å². The van der Waals surface area contributed by atoms with Gasteiger partial charge in [-0.2, -0.15) is 5.10 Å². The fourth-order valence-electron chi connectivity index (χ4n) is 2.00. The Hall–Kier alpha value is -2.82. The quantitative estimate of drug-likeness (QED) is 0.627. The number of benzene rings is 2. The van der Waals surface area contributed by atoms with Crippen molar-refractivity contribution in [3.63, 3.8) is 0 Å². The smallest absolute Gasteiger partial charge is 0.280 e. The second kappa shape index (κ2) is 8.72. The van der Waals surface area contributed by atoms with Gasteiger partial charge in [0, 0.05) is 5.56 Å². The summed E-state index contributed by atoms with van der Waals surface area (Å²) in [5.41, 5.74) is 4.42. The second-order valence-electron chi connectivity index (χ2n) is 5.28. The zero-order chi connectivity index (χ0) is 17.4. The Morgan fingerprint density at radius 2 is 1.92 bits per heavy atom. The predicted octanol–water partition coefficient (Wildman–Crippen LogP) is 3.31. The highest BCUT2D eigenvalue weighted by Gasteiger charge is 2.13. The maximum Gasteiger partial charge on any atom is 0.280 e. The monoisotopic (exact) mass is 326 g/mol. The molecule has 126 valence electrons. The molecular weight excluding hydrogens is 304 g/mol. The Labute approximate surface area is 142 Å². The molecule has 0 heterocycles. The number of carbonyl (C=O) groups excluding carboxylic acids is 1. The molecule has 0 radical (unpaired) electrons. The molecule has 2 aromatic carbocycles. The average Bonchev–Trinajstić information content (AvgIpc) is 2.58. The Morgan fingerprint density at radius 1 is 1.21 bits per heavy atom. The summed E-state index contributed by atoms with van der Waals surface area (Å²) in [5.74, 6) is 1.05. The lowest BCUT2D eigenvalue weighted by molar-refractivity contribution is -0.127. The third-order valence-electron chi connectivity index (χ3n) is 3.30. The standard InChI is InChI=1S/C19H22N2O3/c1-4-23-18-8-6-5-7-16(18)13-20-21-19(22)15(3)24-17-11-9-14(2)10-12-17/h5-13,15H,4H2,1-3H3,(H,21,22). The van der Waals surface area contributed by atoms with Crippen molar-refractivity contribution in [2.45, 2.75) is 26.9 Å². The summed E-state index contributed by atoms with van der Waals surface area (Å²) in [7, 11) is 0. The van der Waals surface area contributed by atoms with E-state index in [1.165, 1.54) is 0 Å². The van der Waals surface area contributed by atoms with E-state index in [0.29, 0.717) is 12.4 Å². The number of nitrogens with zero attached hydrogens (tertiary/aromatic N) is 1. The SMILES string of the molecule is CCOc1ccccc1C=NNC(=O)C(C)Oc1ccc(C)cc1. The van der Waals surface area contributed by atoms with Crippen molar-refractivity contribution in [1.29, 1.82) is 0 Å². The zero-order valence-electron chi connectivity index (χ0n) is 14.2. The number of ether oxygens (including phenoxy) is 2. The molecule has 1 N–H and O–H groups in total. The summed E-state index contributed by atoms with van der Waals surface area (Å²) in [6.45, 7) is 6.16. The van der Waals surface area contributed by atoms with Crippen LogP contribution in [0.1, 0.15) is 25.0 Å². The van der Waals surface area contributed by atoms with Gasteiger partial charge in [-0.3, -0.25) is 4.79 Å². The Kier molecular flexibility index (Phi) is 6.37. The van der Waals surface area contributed by atoms with Crippen molar-refractivity contribution in [3.8, 4) is 11.5 Å². The molecule has 2 aromatic rings. The predicted molar refractivity (Wildman–Crippen MR) is 94.6 cm³/mol. The van der Waals surface area contributed by atoms with E-state index in [2.05, 4.69) is 10.5 Å². The lowest BCUT2D eigenvalue weighted by Crippen LogP contribution is -2.33. The van der Waals surface area contributed by atoms with Crippen LogP contribution in [0.4, 0.5) is 0 Å². The molecule has 0 aliphatic heterocycles. The highest BCUT2D eigenvalue weighted by Crippen LogP contribution is 2.15. The molecule has 5 heteroatoms. The number of nitrogens with one attached hydrogen (secondary N) is 1. The van der Waals surface area contributed by atoms with Gasteiger partial charge in [0.1, 0.15) is 11.5 Å². The molecule has 0 aliphatic rings. The zero-order valence-corrected chi connectivity index (χ0v) is 14.2. The van der Waals surface area contributed by atoms with Crippen molar-refractivity contribution in [1.82, 2.24) is 5.43 Å². The summed E-state index contributed by atoms with van der Waals surface area (Å²) in [6, 6.07) is 15.0. The first-order valence-corrected chi connectivity index (χ1v) is 7.88. The Morgan fingerprint density at radius 3 is 2.62 bits per heavy atom. The normalized spacial score (nSPS) is 12.0. The highest BCUT2D eigenvalue weighted by atomic mass is 16.5. The number of hydrogen-bond donors (Lipinski definition) is 1. The molecule has 1 amide bonds. The molecule has 5 nitrogen and oxygen atoms in total. The number of hydrazone groups is 1. The van der Waals surface area contributed by atoms with Gasteiger partial charge in [0.25, 0.3) is 5.91 Å². The van der Waals surface area contributed by atoms with Crippen LogP contribution in [0.2, 0.25) is 0 Å². The first-order valence-electron chi connectivity index (χ1n) is 7.88. The number of para-hydroxylation sites is 1. The topological polar surface area (TPSA) is 59.9 Å². The minimum Gasteiger partial charge on any atom is -0.493 e. The summed E-state index contributed by atoms with van der Waals surface area (Å²) in [5, 5.41) is 3.98. The van der Waals surface area contributed by atoms with Crippen molar-refractivity contribution < 1.29 is 14.3 Å². The first kappa shape index (κ1) is 17.5. The molecule has 0 saturated carbocycles. The number of aryl methyl sites for hydroxylation is 1. The van der Waals surface area contributed by atoms with E-state index in [4.69, 9.17) is 9.47 Å². The van der Waals surface area contributed by atoms with E-state index in [1.54, 1.807) is 13.1 Å². The number of amides is 1. The fourth-order valence-corrected chi connectivity index (χ4v) is 2.00. The summed E-state index contributed by atoms with van der Waals surface area (Å²) in [6.07, 6.45) is 0.911. The average molecular weight is 326 g/mol. The maximum atomic E-state index is 12.0. The van der Waals surface area contributed by atoms with Crippen LogP contribution in [0.3, 0.4) is 0 Å². The van der Waals surface area contributed by atoms with Gasteiger partial charge in [-0.1, -0.05) is 29.8 Å². The van der Waals surface area contributed by atoms with Crippen molar-refractivity contribution in [3.05, 3.63) is 59.7 Å². The van der Waals surface area contributed by atoms with E-state index in [-0.39, 0.29) is 5.91 Å². The lowest BCUT2D eigenvalue weighted by Gasteiger charge is -2.13. The van der Waals surface area contributed by atoms with Gasteiger partial charge >= 0.3 is 0 Å². The van der Waals surface area contributed by atoms with Crippen LogP contribution in [0.25, 0.3) is 0 Å². The largest absolute Gasteiger partial charge is 0.493 e. The summed E-state index contributed by atoms with van der Waals surface area (Å²) >= 11 is 0. The minimum absolute atomic E-state index is 0.319. The number of rotatable bonds is 7. The van der Waals surface area contributed by atoms with Gasteiger partial charge in [0.15, 0.2) is 6.10 Å². The Bertz CT molecular complexity index is 696. The third kappa shape index (κ3) is 5.12. The van der Waals surface area contributed by atoms with Gasteiger partial charge in [-0.05, 0) is 45.0 Å². The van der Waals surface area contributed by atoms with Crippen LogP contribution in [0.5, 0.6) is 11.5 Å². The van der Waals surface area contributed by atoms with Crippen molar-refractivity contribution in [2.24, 2.45) is 5.10 Å². The molecule has 2 rings (SSSR count).